The van der Waals surface area contributed by atoms with E-state index in [4.69, 9.17) is 11.6 Å². The Hall–Kier alpha value is -1.55. The van der Waals surface area contributed by atoms with Gasteiger partial charge < -0.3 is 10.0 Å². The third kappa shape index (κ3) is 4.05. The Kier molecular flexibility index (Phi) is 5.69. The number of halogens is 1. The quantitative estimate of drug-likeness (QED) is 0.862. The number of carboxylic acid groups (broad SMARTS) is 1. The van der Waals surface area contributed by atoms with Crippen LogP contribution in [0.4, 0.5) is 0 Å². The minimum absolute atomic E-state index is 0.0202. The van der Waals surface area contributed by atoms with Crippen LogP contribution in [-0.4, -0.2) is 35.0 Å². The molecular weight excluding hydrogens is 314 g/mol. The third-order valence-electron chi connectivity index (χ3n) is 4.95. The topological polar surface area (TPSA) is 57.6 Å². The summed E-state index contributed by atoms with van der Waals surface area (Å²) < 4.78 is 0. The smallest absolute Gasteiger partial charge is 0.311 e. The van der Waals surface area contributed by atoms with Crippen LogP contribution in [0.5, 0.6) is 0 Å². The zero-order chi connectivity index (χ0) is 17.0. The van der Waals surface area contributed by atoms with E-state index in [1.165, 1.54) is 0 Å². The molecule has 23 heavy (non-hydrogen) atoms. The number of likely N-dealkylation sites (tertiary alicyclic amines) is 1. The molecule has 126 valence electrons. The van der Waals surface area contributed by atoms with Crippen molar-refractivity contribution in [3.8, 4) is 0 Å². The van der Waals surface area contributed by atoms with Crippen molar-refractivity contribution in [3.63, 3.8) is 0 Å². The molecule has 1 aliphatic rings. The second kappa shape index (κ2) is 7.35. The summed E-state index contributed by atoms with van der Waals surface area (Å²) in [6.07, 6.45) is 2.59. The zero-order valence-corrected chi connectivity index (χ0v) is 14.5. The number of carboxylic acids is 1. The third-order valence-corrected chi connectivity index (χ3v) is 5.21. The lowest BCUT2D eigenvalue weighted by Crippen LogP contribution is -2.40. The number of rotatable bonds is 6. The SMILES string of the molecule is CC(C)C1(C(=O)O)CCN(C(=O)CCCc2ccc(Cl)cc2)C1. The summed E-state index contributed by atoms with van der Waals surface area (Å²) >= 11 is 5.85. The van der Waals surface area contributed by atoms with Crippen molar-refractivity contribution in [3.05, 3.63) is 34.9 Å². The summed E-state index contributed by atoms with van der Waals surface area (Å²) in [5.74, 6) is -0.710. The number of aliphatic carboxylic acids is 1. The van der Waals surface area contributed by atoms with Gasteiger partial charge in [0.15, 0.2) is 0 Å². The second-order valence-electron chi connectivity index (χ2n) is 6.66. The maximum absolute atomic E-state index is 12.3. The van der Waals surface area contributed by atoms with Crippen molar-refractivity contribution >= 4 is 23.5 Å². The average Bonchev–Trinajstić information content (AvgIpc) is 2.96. The van der Waals surface area contributed by atoms with Crippen LogP contribution in [0.3, 0.4) is 0 Å². The van der Waals surface area contributed by atoms with Crippen LogP contribution in [0.1, 0.15) is 38.7 Å². The molecule has 0 aromatic heterocycles. The van der Waals surface area contributed by atoms with Crippen LogP contribution >= 0.6 is 11.6 Å². The van der Waals surface area contributed by atoms with Gasteiger partial charge in [0.1, 0.15) is 0 Å². The van der Waals surface area contributed by atoms with Crippen LogP contribution in [0.2, 0.25) is 5.02 Å². The fraction of sp³-hybridized carbons (Fsp3) is 0.556. The van der Waals surface area contributed by atoms with Crippen LogP contribution in [-0.2, 0) is 16.0 Å². The van der Waals surface area contributed by atoms with Gasteiger partial charge in [-0.1, -0.05) is 37.6 Å². The molecule has 1 aromatic rings. The van der Waals surface area contributed by atoms with Gasteiger partial charge in [-0.05, 0) is 42.9 Å². The van der Waals surface area contributed by atoms with E-state index >= 15 is 0 Å². The molecule has 1 N–H and O–H groups in total. The molecule has 0 aliphatic carbocycles. The Balaban J connectivity index is 1.85. The largest absolute Gasteiger partial charge is 0.481 e. The van der Waals surface area contributed by atoms with Crippen molar-refractivity contribution < 1.29 is 14.7 Å². The van der Waals surface area contributed by atoms with Crippen molar-refractivity contribution in [2.45, 2.75) is 39.5 Å². The predicted octanol–water partition coefficient (Wildman–Crippen LogP) is 3.62. The first-order chi connectivity index (χ1) is 10.8. The lowest BCUT2D eigenvalue weighted by molar-refractivity contribution is -0.151. The minimum atomic E-state index is -0.788. The summed E-state index contributed by atoms with van der Waals surface area (Å²) in [5, 5.41) is 10.2. The molecule has 0 radical (unpaired) electrons. The molecule has 1 amide bonds. The lowest BCUT2D eigenvalue weighted by Gasteiger charge is -2.28. The highest BCUT2D eigenvalue weighted by Crippen LogP contribution is 2.38. The molecule has 1 unspecified atom stereocenters. The van der Waals surface area contributed by atoms with E-state index in [9.17, 15) is 14.7 Å². The summed E-state index contributed by atoms with van der Waals surface area (Å²) in [7, 11) is 0. The van der Waals surface area contributed by atoms with Crippen LogP contribution in [0, 0.1) is 11.3 Å². The van der Waals surface area contributed by atoms with Gasteiger partial charge in [0.05, 0.1) is 5.41 Å². The molecule has 2 rings (SSSR count). The molecule has 0 spiro atoms. The molecule has 0 bridgehead atoms. The van der Waals surface area contributed by atoms with Crippen molar-refractivity contribution in [1.82, 2.24) is 4.90 Å². The standard InChI is InChI=1S/C18H24ClNO3/c1-13(2)18(17(22)23)10-11-20(12-18)16(21)5-3-4-14-6-8-15(19)9-7-14/h6-9,13H,3-5,10-12H2,1-2H3,(H,22,23). The summed E-state index contributed by atoms with van der Waals surface area (Å²) in [4.78, 5) is 25.7. The summed E-state index contributed by atoms with van der Waals surface area (Å²) in [6.45, 7) is 4.72. The first-order valence-corrected chi connectivity index (χ1v) is 8.48. The Morgan fingerprint density at radius 2 is 1.96 bits per heavy atom. The fourth-order valence-electron chi connectivity index (χ4n) is 3.19. The molecule has 1 saturated heterocycles. The zero-order valence-electron chi connectivity index (χ0n) is 13.7. The highest BCUT2D eigenvalue weighted by molar-refractivity contribution is 6.30. The number of hydrogen-bond donors (Lipinski definition) is 1. The highest BCUT2D eigenvalue weighted by atomic mass is 35.5. The van der Waals surface area contributed by atoms with Crippen LogP contribution in [0.15, 0.2) is 24.3 Å². The highest BCUT2D eigenvalue weighted by Gasteiger charge is 2.48. The minimum Gasteiger partial charge on any atom is -0.481 e. The van der Waals surface area contributed by atoms with Crippen molar-refractivity contribution in [2.24, 2.45) is 11.3 Å². The van der Waals surface area contributed by atoms with E-state index in [1.54, 1.807) is 4.90 Å². The summed E-state index contributed by atoms with van der Waals surface area (Å²) in [6, 6.07) is 7.64. The van der Waals surface area contributed by atoms with Crippen LogP contribution in [0.25, 0.3) is 0 Å². The lowest BCUT2D eigenvalue weighted by atomic mass is 9.76. The number of carbonyl (C=O) groups is 2. The van der Waals surface area contributed by atoms with Crippen molar-refractivity contribution in [2.75, 3.05) is 13.1 Å². The van der Waals surface area contributed by atoms with E-state index < -0.39 is 11.4 Å². The number of carbonyl (C=O) groups excluding carboxylic acids is 1. The number of benzene rings is 1. The van der Waals surface area contributed by atoms with Gasteiger partial charge in [-0.15, -0.1) is 0 Å². The van der Waals surface area contributed by atoms with Gasteiger partial charge in [0.2, 0.25) is 5.91 Å². The predicted molar refractivity (Wildman–Crippen MR) is 90.5 cm³/mol. The maximum atomic E-state index is 12.3. The van der Waals surface area contributed by atoms with Gasteiger partial charge in [0.25, 0.3) is 0 Å². The number of aryl methyl sites for hydroxylation is 1. The first kappa shape index (κ1) is 17.8. The van der Waals surface area contributed by atoms with E-state index in [2.05, 4.69) is 0 Å². The molecule has 1 aliphatic heterocycles. The summed E-state index contributed by atoms with van der Waals surface area (Å²) in [5.41, 5.74) is 0.372. The van der Waals surface area contributed by atoms with E-state index in [0.29, 0.717) is 31.0 Å². The van der Waals surface area contributed by atoms with E-state index in [1.807, 2.05) is 38.1 Å². The number of hydrogen-bond acceptors (Lipinski definition) is 2. The molecule has 4 nitrogen and oxygen atoms in total. The average molecular weight is 338 g/mol. The Bertz CT molecular complexity index is 570. The normalized spacial score (nSPS) is 21.0. The molecule has 1 heterocycles. The Labute approximate surface area is 142 Å². The molecule has 1 atom stereocenters. The van der Waals surface area contributed by atoms with Gasteiger partial charge in [-0.2, -0.15) is 0 Å². The van der Waals surface area contributed by atoms with Crippen LogP contribution < -0.4 is 0 Å². The van der Waals surface area contributed by atoms with Crippen molar-refractivity contribution in [1.29, 1.82) is 0 Å². The molecular formula is C18H24ClNO3. The monoisotopic (exact) mass is 337 g/mol. The first-order valence-electron chi connectivity index (χ1n) is 8.11. The second-order valence-corrected chi connectivity index (χ2v) is 7.10. The number of amides is 1. The molecule has 1 fully saturated rings. The van der Waals surface area contributed by atoms with Gasteiger partial charge in [-0.3, -0.25) is 9.59 Å². The van der Waals surface area contributed by atoms with Gasteiger partial charge in [0, 0.05) is 24.5 Å². The Morgan fingerprint density at radius 1 is 1.30 bits per heavy atom. The Morgan fingerprint density at radius 3 is 2.48 bits per heavy atom. The molecule has 0 saturated carbocycles. The maximum Gasteiger partial charge on any atom is 0.311 e. The number of nitrogens with zero attached hydrogens (tertiary/aromatic N) is 1. The van der Waals surface area contributed by atoms with Gasteiger partial charge in [-0.25, -0.2) is 0 Å². The van der Waals surface area contributed by atoms with E-state index in [-0.39, 0.29) is 11.8 Å². The molecule has 1 aromatic carbocycles. The van der Waals surface area contributed by atoms with E-state index in [0.717, 1.165) is 18.4 Å². The molecule has 5 heteroatoms. The fourth-order valence-corrected chi connectivity index (χ4v) is 3.32. The van der Waals surface area contributed by atoms with Gasteiger partial charge >= 0.3 is 5.97 Å².